The van der Waals surface area contributed by atoms with E-state index in [1.165, 1.54) is 29.1 Å². The lowest BCUT2D eigenvalue weighted by Gasteiger charge is -2.38. The Kier molecular flexibility index (Phi) is 8.25. The molecule has 0 unspecified atom stereocenters. The van der Waals surface area contributed by atoms with Gasteiger partial charge in [0, 0.05) is 23.0 Å². The van der Waals surface area contributed by atoms with Gasteiger partial charge in [-0.3, -0.25) is 9.59 Å². The van der Waals surface area contributed by atoms with Crippen molar-refractivity contribution >= 4 is 23.2 Å². The minimum Gasteiger partial charge on any atom is -0.493 e. The van der Waals surface area contributed by atoms with Gasteiger partial charge < -0.3 is 19.3 Å². The standard InChI is InChI=1S/C28H31FN2O4S/c1-4-19(2)31(28(33)20-9-11-21(29)12-10-20)17-27(32)30-15-13-26-22(14-16-36-26)23(30)18-35-25-8-6-5-7-24(25)34-3/h5-12,14,16,19,23H,4,13,15,17-18H2,1-3H3/t19-,23-/m1/s1. The molecule has 0 bridgehead atoms. The first-order chi connectivity index (χ1) is 17.4. The molecule has 2 heterocycles. The third kappa shape index (κ3) is 5.54. The summed E-state index contributed by atoms with van der Waals surface area (Å²) in [7, 11) is 1.59. The van der Waals surface area contributed by atoms with Crippen LogP contribution in [0.2, 0.25) is 0 Å². The van der Waals surface area contributed by atoms with Crippen LogP contribution in [0.3, 0.4) is 0 Å². The zero-order valence-electron chi connectivity index (χ0n) is 20.8. The summed E-state index contributed by atoms with van der Waals surface area (Å²) in [6.07, 6.45) is 1.45. The van der Waals surface area contributed by atoms with E-state index >= 15 is 0 Å². The Morgan fingerprint density at radius 2 is 1.86 bits per heavy atom. The van der Waals surface area contributed by atoms with E-state index in [1.807, 2.05) is 54.5 Å². The number of hydrogen-bond donors (Lipinski definition) is 0. The minimum absolute atomic E-state index is 0.0597. The molecule has 0 radical (unpaired) electrons. The van der Waals surface area contributed by atoms with Gasteiger partial charge in [0.25, 0.3) is 5.91 Å². The van der Waals surface area contributed by atoms with Crippen LogP contribution >= 0.6 is 11.3 Å². The molecule has 6 nitrogen and oxygen atoms in total. The van der Waals surface area contributed by atoms with Crippen molar-refractivity contribution in [3.05, 3.63) is 81.8 Å². The van der Waals surface area contributed by atoms with Crippen LogP contribution in [0.15, 0.2) is 60.0 Å². The molecule has 1 aliphatic heterocycles. The summed E-state index contributed by atoms with van der Waals surface area (Å²) in [6, 6.07) is 14.5. The van der Waals surface area contributed by atoms with Crippen molar-refractivity contribution in [1.29, 1.82) is 0 Å². The number of nitrogens with zero attached hydrogens (tertiary/aromatic N) is 2. The number of amides is 2. The molecule has 0 N–H and O–H groups in total. The van der Waals surface area contributed by atoms with E-state index in [0.717, 1.165) is 12.0 Å². The molecule has 0 spiro atoms. The molecule has 2 atom stereocenters. The molecule has 0 saturated heterocycles. The van der Waals surface area contributed by atoms with Gasteiger partial charge in [0.05, 0.1) is 13.2 Å². The highest BCUT2D eigenvalue weighted by atomic mass is 32.1. The molecule has 8 heteroatoms. The highest BCUT2D eigenvalue weighted by Crippen LogP contribution is 2.35. The van der Waals surface area contributed by atoms with E-state index < -0.39 is 5.82 Å². The molecule has 0 saturated carbocycles. The highest BCUT2D eigenvalue weighted by molar-refractivity contribution is 7.10. The number of carbonyl (C=O) groups is 2. The monoisotopic (exact) mass is 510 g/mol. The maximum atomic E-state index is 13.7. The van der Waals surface area contributed by atoms with Gasteiger partial charge in [-0.05, 0) is 73.2 Å². The smallest absolute Gasteiger partial charge is 0.254 e. The lowest BCUT2D eigenvalue weighted by Crippen LogP contribution is -2.49. The number of carbonyl (C=O) groups excluding carboxylic acids is 2. The van der Waals surface area contributed by atoms with Crippen LogP contribution in [-0.2, 0) is 11.2 Å². The second-order valence-electron chi connectivity index (χ2n) is 8.81. The summed E-state index contributed by atoms with van der Waals surface area (Å²) in [5.74, 6) is 0.409. The number of para-hydroxylation sites is 2. The second kappa shape index (κ2) is 11.6. The summed E-state index contributed by atoms with van der Waals surface area (Å²) in [4.78, 5) is 31.6. The lowest BCUT2D eigenvalue weighted by atomic mass is 10.00. The van der Waals surface area contributed by atoms with Crippen molar-refractivity contribution in [1.82, 2.24) is 9.80 Å². The molecule has 0 aliphatic carbocycles. The summed E-state index contributed by atoms with van der Waals surface area (Å²) < 4.78 is 25.0. The van der Waals surface area contributed by atoms with Crippen molar-refractivity contribution in [2.24, 2.45) is 0 Å². The van der Waals surface area contributed by atoms with Crippen molar-refractivity contribution in [3.63, 3.8) is 0 Å². The third-order valence-corrected chi connectivity index (χ3v) is 7.66. The van der Waals surface area contributed by atoms with E-state index in [0.29, 0.717) is 30.0 Å². The predicted molar refractivity (Wildman–Crippen MR) is 138 cm³/mol. The normalized spacial score (nSPS) is 15.7. The summed E-state index contributed by atoms with van der Waals surface area (Å²) in [5.41, 5.74) is 1.44. The topological polar surface area (TPSA) is 59.1 Å². The maximum absolute atomic E-state index is 13.7. The van der Waals surface area contributed by atoms with E-state index in [2.05, 4.69) is 0 Å². The molecule has 36 heavy (non-hydrogen) atoms. The lowest BCUT2D eigenvalue weighted by molar-refractivity contribution is -0.136. The molecular weight excluding hydrogens is 479 g/mol. The first kappa shape index (κ1) is 25.7. The van der Waals surface area contributed by atoms with Crippen LogP contribution < -0.4 is 9.47 Å². The average Bonchev–Trinajstić information content (AvgIpc) is 3.39. The fourth-order valence-corrected chi connectivity index (χ4v) is 5.35. The fraction of sp³-hybridized carbons (Fsp3) is 0.357. The van der Waals surface area contributed by atoms with Crippen molar-refractivity contribution in [3.8, 4) is 11.5 Å². The van der Waals surface area contributed by atoms with Crippen molar-refractivity contribution in [2.45, 2.75) is 38.8 Å². The maximum Gasteiger partial charge on any atom is 0.254 e. The molecule has 4 rings (SSSR count). The van der Waals surface area contributed by atoms with Gasteiger partial charge in [-0.25, -0.2) is 4.39 Å². The number of ether oxygens (including phenoxy) is 2. The fourth-order valence-electron chi connectivity index (χ4n) is 4.42. The minimum atomic E-state index is -0.407. The van der Waals surface area contributed by atoms with Crippen LogP contribution in [-0.4, -0.2) is 54.5 Å². The summed E-state index contributed by atoms with van der Waals surface area (Å²) in [6.45, 7) is 4.65. The zero-order valence-corrected chi connectivity index (χ0v) is 21.6. The molecule has 0 fully saturated rings. The Labute approximate surface area is 215 Å². The molecule has 1 aromatic heterocycles. The quantitative estimate of drug-likeness (QED) is 0.390. The number of halogens is 1. The van der Waals surface area contributed by atoms with Gasteiger partial charge in [0.2, 0.25) is 5.91 Å². The molecule has 1 aliphatic rings. The van der Waals surface area contributed by atoms with Gasteiger partial charge in [0.1, 0.15) is 19.0 Å². The number of fused-ring (bicyclic) bond motifs is 1. The van der Waals surface area contributed by atoms with E-state index in [1.54, 1.807) is 23.3 Å². The van der Waals surface area contributed by atoms with Crippen LogP contribution in [0, 0.1) is 5.82 Å². The Hall–Kier alpha value is -3.39. The highest BCUT2D eigenvalue weighted by Gasteiger charge is 2.34. The van der Waals surface area contributed by atoms with Gasteiger partial charge in [-0.1, -0.05) is 19.1 Å². The number of methoxy groups -OCH3 is 1. The van der Waals surface area contributed by atoms with Crippen LogP contribution in [0.5, 0.6) is 11.5 Å². The largest absolute Gasteiger partial charge is 0.493 e. The second-order valence-corrected chi connectivity index (χ2v) is 9.81. The van der Waals surface area contributed by atoms with Gasteiger partial charge in [-0.15, -0.1) is 11.3 Å². The third-order valence-electron chi connectivity index (χ3n) is 6.66. The van der Waals surface area contributed by atoms with Gasteiger partial charge in [-0.2, -0.15) is 0 Å². The van der Waals surface area contributed by atoms with Gasteiger partial charge >= 0.3 is 0 Å². The Morgan fingerprint density at radius 1 is 1.14 bits per heavy atom. The summed E-state index contributed by atoms with van der Waals surface area (Å²) in [5, 5.41) is 2.04. The number of rotatable bonds is 9. The van der Waals surface area contributed by atoms with Gasteiger partial charge in [0.15, 0.2) is 11.5 Å². The average molecular weight is 511 g/mol. The van der Waals surface area contributed by atoms with Crippen molar-refractivity contribution < 1.29 is 23.5 Å². The molecule has 2 amide bonds. The van der Waals surface area contributed by atoms with E-state index in [9.17, 15) is 14.0 Å². The molecule has 3 aromatic rings. The van der Waals surface area contributed by atoms with Crippen LogP contribution in [0.1, 0.15) is 47.1 Å². The SMILES string of the molecule is CC[C@@H](C)N(CC(=O)N1CCc2sccc2[C@H]1COc1ccccc1OC)C(=O)c1ccc(F)cc1. The molecular formula is C28H31FN2O4S. The first-order valence-electron chi connectivity index (χ1n) is 12.1. The Morgan fingerprint density at radius 3 is 2.56 bits per heavy atom. The zero-order chi connectivity index (χ0) is 25.7. The predicted octanol–water partition coefficient (Wildman–Crippen LogP) is 5.34. The van der Waals surface area contributed by atoms with E-state index in [-0.39, 0.29) is 37.0 Å². The Balaban J connectivity index is 1.56. The van der Waals surface area contributed by atoms with E-state index in [4.69, 9.17) is 9.47 Å². The van der Waals surface area contributed by atoms with Crippen LogP contribution in [0.25, 0.3) is 0 Å². The van der Waals surface area contributed by atoms with Crippen LogP contribution in [0.4, 0.5) is 4.39 Å². The van der Waals surface area contributed by atoms with Crippen molar-refractivity contribution in [2.75, 3.05) is 26.8 Å². The molecule has 190 valence electrons. The first-order valence-corrected chi connectivity index (χ1v) is 13.0. The number of benzene rings is 2. The molecule has 2 aromatic carbocycles. The Bertz CT molecular complexity index is 1200. The number of hydrogen-bond acceptors (Lipinski definition) is 5. The number of thiophene rings is 1. The summed E-state index contributed by atoms with van der Waals surface area (Å²) >= 11 is 1.68.